The number of amides is 1. The number of nitrogens with one attached hydrogen (secondary N) is 1. The summed E-state index contributed by atoms with van der Waals surface area (Å²) in [5.74, 6) is 0.273. The summed E-state index contributed by atoms with van der Waals surface area (Å²) < 4.78 is 5.40. The maximum atomic E-state index is 11.7. The maximum absolute atomic E-state index is 11.7. The minimum atomic E-state index is -0.210. The van der Waals surface area contributed by atoms with E-state index in [-0.39, 0.29) is 17.3 Å². The third-order valence-corrected chi connectivity index (χ3v) is 3.49. The van der Waals surface area contributed by atoms with Crippen LogP contribution < -0.4 is 11.1 Å². The summed E-state index contributed by atoms with van der Waals surface area (Å²) in [4.78, 5) is 11.7. The second-order valence-electron chi connectivity index (χ2n) is 4.82. The molecule has 1 aliphatic carbocycles. The Morgan fingerprint density at radius 1 is 1.50 bits per heavy atom. The Morgan fingerprint density at radius 2 is 2.22 bits per heavy atom. The molecule has 1 fully saturated rings. The van der Waals surface area contributed by atoms with Crippen molar-refractivity contribution in [3.05, 3.63) is 0 Å². The van der Waals surface area contributed by atoms with Crippen LogP contribution in [-0.2, 0) is 9.53 Å². The lowest BCUT2D eigenvalue weighted by Crippen LogP contribution is -2.44. The number of amidine groups is 1. The standard InChI is InChI=1S/C12H23N3O3/c1-18-12(6-4-7-12)9-11(16)14-8-3-2-5-10(13)15-17/h17H,2-9H2,1H3,(H2,13,15)(H,14,16). The lowest BCUT2D eigenvalue weighted by atomic mass is 9.77. The lowest BCUT2D eigenvalue weighted by molar-refractivity contribution is -0.134. The van der Waals surface area contributed by atoms with Gasteiger partial charge in [-0.15, -0.1) is 0 Å². The Kier molecular flexibility index (Phi) is 5.91. The van der Waals surface area contributed by atoms with Gasteiger partial charge in [0, 0.05) is 20.1 Å². The van der Waals surface area contributed by atoms with E-state index in [2.05, 4.69) is 10.5 Å². The van der Waals surface area contributed by atoms with E-state index in [1.807, 2.05) is 0 Å². The molecule has 0 radical (unpaired) electrons. The van der Waals surface area contributed by atoms with Crippen LogP contribution in [0.25, 0.3) is 0 Å². The Labute approximate surface area is 108 Å². The maximum Gasteiger partial charge on any atom is 0.222 e. The van der Waals surface area contributed by atoms with Gasteiger partial charge in [0.15, 0.2) is 0 Å². The highest BCUT2D eigenvalue weighted by atomic mass is 16.5. The number of methoxy groups -OCH3 is 1. The monoisotopic (exact) mass is 257 g/mol. The van der Waals surface area contributed by atoms with E-state index in [9.17, 15) is 4.79 Å². The fourth-order valence-electron chi connectivity index (χ4n) is 2.09. The van der Waals surface area contributed by atoms with E-state index in [0.29, 0.717) is 19.4 Å². The van der Waals surface area contributed by atoms with E-state index >= 15 is 0 Å². The molecule has 1 amide bonds. The van der Waals surface area contributed by atoms with E-state index in [1.165, 1.54) is 0 Å². The van der Waals surface area contributed by atoms with Gasteiger partial charge in [0.1, 0.15) is 5.84 Å². The second kappa shape index (κ2) is 7.20. The van der Waals surface area contributed by atoms with Gasteiger partial charge in [-0.2, -0.15) is 0 Å². The number of ether oxygens (including phenoxy) is 1. The summed E-state index contributed by atoms with van der Waals surface area (Å²) in [6.45, 7) is 0.622. The quantitative estimate of drug-likeness (QED) is 0.198. The van der Waals surface area contributed by atoms with Crippen molar-refractivity contribution in [3.8, 4) is 0 Å². The van der Waals surface area contributed by atoms with Crippen LogP contribution in [0, 0.1) is 0 Å². The number of unbranched alkanes of at least 4 members (excludes halogenated alkanes) is 1. The number of rotatable bonds is 8. The van der Waals surface area contributed by atoms with Gasteiger partial charge in [-0.1, -0.05) is 5.16 Å². The predicted molar refractivity (Wildman–Crippen MR) is 68.5 cm³/mol. The predicted octanol–water partition coefficient (Wildman–Crippen LogP) is 0.979. The van der Waals surface area contributed by atoms with Crippen LogP contribution in [-0.4, -0.2) is 36.2 Å². The molecule has 1 rings (SSSR count). The smallest absolute Gasteiger partial charge is 0.222 e. The van der Waals surface area contributed by atoms with Crippen LogP contribution in [0.3, 0.4) is 0 Å². The van der Waals surface area contributed by atoms with Crippen molar-refractivity contribution >= 4 is 11.7 Å². The van der Waals surface area contributed by atoms with Gasteiger partial charge in [-0.25, -0.2) is 0 Å². The highest BCUT2D eigenvalue weighted by Crippen LogP contribution is 2.37. The van der Waals surface area contributed by atoms with Crippen molar-refractivity contribution in [1.82, 2.24) is 5.32 Å². The molecule has 0 atom stereocenters. The molecule has 4 N–H and O–H groups in total. The van der Waals surface area contributed by atoms with Gasteiger partial charge < -0.3 is 21.0 Å². The first-order chi connectivity index (χ1) is 8.62. The van der Waals surface area contributed by atoms with Gasteiger partial charge in [-0.3, -0.25) is 4.79 Å². The molecule has 0 bridgehead atoms. The van der Waals surface area contributed by atoms with Crippen molar-refractivity contribution < 1.29 is 14.7 Å². The third-order valence-electron chi connectivity index (χ3n) is 3.49. The number of nitrogens with two attached hydrogens (primary N) is 1. The average Bonchev–Trinajstić information content (AvgIpc) is 2.33. The van der Waals surface area contributed by atoms with Crippen molar-refractivity contribution in [2.24, 2.45) is 10.9 Å². The molecule has 1 saturated carbocycles. The van der Waals surface area contributed by atoms with E-state index in [4.69, 9.17) is 15.7 Å². The van der Waals surface area contributed by atoms with E-state index in [0.717, 1.165) is 32.1 Å². The highest BCUT2D eigenvalue weighted by molar-refractivity contribution is 5.79. The van der Waals surface area contributed by atoms with Gasteiger partial charge in [0.2, 0.25) is 5.91 Å². The molecule has 0 spiro atoms. The molecule has 1 aliphatic rings. The average molecular weight is 257 g/mol. The summed E-state index contributed by atoms with van der Waals surface area (Å²) in [6, 6.07) is 0. The molecular weight excluding hydrogens is 234 g/mol. The van der Waals surface area contributed by atoms with Gasteiger partial charge >= 0.3 is 0 Å². The molecular formula is C12H23N3O3. The molecule has 6 heteroatoms. The molecule has 0 unspecified atom stereocenters. The zero-order valence-electron chi connectivity index (χ0n) is 10.9. The molecule has 0 aliphatic heterocycles. The summed E-state index contributed by atoms with van der Waals surface area (Å²) >= 11 is 0. The van der Waals surface area contributed by atoms with Crippen LogP contribution in [0.2, 0.25) is 0 Å². The van der Waals surface area contributed by atoms with Crippen molar-refractivity contribution in [2.75, 3.05) is 13.7 Å². The van der Waals surface area contributed by atoms with Crippen molar-refractivity contribution in [3.63, 3.8) is 0 Å². The van der Waals surface area contributed by atoms with E-state index in [1.54, 1.807) is 7.11 Å². The molecule has 0 aromatic rings. The Balaban J connectivity index is 2.07. The van der Waals surface area contributed by atoms with Crippen molar-refractivity contribution in [1.29, 1.82) is 0 Å². The number of carbonyl (C=O) groups is 1. The second-order valence-corrected chi connectivity index (χ2v) is 4.82. The zero-order valence-corrected chi connectivity index (χ0v) is 10.9. The van der Waals surface area contributed by atoms with Crippen LogP contribution in [0.1, 0.15) is 44.9 Å². The molecule has 0 heterocycles. The number of hydrogen-bond acceptors (Lipinski definition) is 4. The van der Waals surface area contributed by atoms with Gasteiger partial charge in [-0.05, 0) is 32.1 Å². The normalized spacial score (nSPS) is 18.2. The molecule has 0 aromatic heterocycles. The fraction of sp³-hybridized carbons (Fsp3) is 0.833. The number of oxime groups is 1. The first-order valence-electron chi connectivity index (χ1n) is 6.40. The van der Waals surface area contributed by atoms with Crippen LogP contribution >= 0.6 is 0 Å². The Hall–Kier alpha value is -1.30. The van der Waals surface area contributed by atoms with Crippen molar-refractivity contribution in [2.45, 2.75) is 50.5 Å². The van der Waals surface area contributed by atoms with E-state index < -0.39 is 0 Å². The highest BCUT2D eigenvalue weighted by Gasteiger charge is 2.38. The van der Waals surface area contributed by atoms with Gasteiger partial charge in [0.25, 0.3) is 0 Å². The first kappa shape index (κ1) is 14.8. The molecule has 0 saturated heterocycles. The minimum Gasteiger partial charge on any atom is -0.409 e. The fourth-order valence-corrected chi connectivity index (χ4v) is 2.09. The Morgan fingerprint density at radius 3 is 2.72 bits per heavy atom. The van der Waals surface area contributed by atoms with Crippen LogP contribution in [0.15, 0.2) is 5.16 Å². The van der Waals surface area contributed by atoms with Crippen LogP contribution in [0.4, 0.5) is 0 Å². The zero-order chi connectivity index (χ0) is 13.4. The number of nitrogens with zero attached hydrogens (tertiary/aromatic N) is 1. The SMILES string of the molecule is COC1(CC(=O)NCCCCC(N)=NO)CCC1. The summed E-state index contributed by atoms with van der Waals surface area (Å²) in [5.41, 5.74) is 5.13. The topological polar surface area (TPSA) is 96.9 Å². The number of carbonyl (C=O) groups excluding carboxylic acids is 1. The third kappa shape index (κ3) is 4.52. The molecule has 0 aromatic carbocycles. The summed E-state index contributed by atoms with van der Waals surface area (Å²) in [6.07, 6.45) is 5.70. The summed E-state index contributed by atoms with van der Waals surface area (Å²) in [7, 11) is 1.67. The van der Waals surface area contributed by atoms with Gasteiger partial charge in [0.05, 0.1) is 12.0 Å². The lowest BCUT2D eigenvalue weighted by Gasteiger charge is -2.39. The molecule has 104 valence electrons. The molecule has 6 nitrogen and oxygen atoms in total. The first-order valence-corrected chi connectivity index (χ1v) is 6.40. The summed E-state index contributed by atoms with van der Waals surface area (Å²) in [5, 5.41) is 14.1. The molecule has 18 heavy (non-hydrogen) atoms. The van der Waals surface area contributed by atoms with Crippen LogP contribution in [0.5, 0.6) is 0 Å². The minimum absolute atomic E-state index is 0.0420. The largest absolute Gasteiger partial charge is 0.409 e. The Bertz CT molecular complexity index is 295. The number of hydrogen-bond donors (Lipinski definition) is 3.